The normalized spacial score (nSPS) is 11.3. The van der Waals surface area contributed by atoms with Crippen LogP contribution in [0.1, 0.15) is 0 Å². The number of pyridine rings is 1. The lowest BCUT2D eigenvalue weighted by Gasteiger charge is -2.03. The van der Waals surface area contributed by atoms with Crippen LogP contribution in [0.15, 0.2) is 71.6 Å². The Morgan fingerprint density at radius 1 is 1.00 bits per heavy atom. The molecule has 0 aliphatic heterocycles. The summed E-state index contributed by atoms with van der Waals surface area (Å²) in [5, 5.41) is 2.95. The fraction of sp³-hybridized carbons (Fsp3) is 0.0500. The molecule has 29 heavy (non-hydrogen) atoms. The van der Waals surface area contributed by atoms with Crippen molar-refractivity contribution in [1.29, 1.82) is 0 Å². The van der Waals surface area contributed by atoms with E-state index in [9.17, 15) is 13.2 Å². The first kappa shape index (κ1) is 19.0. The molecule has 0 aliphatic rings. The zero-order valence-electron chi connectivity index (χ0n) is 15.2. The Kier molecular flexibility index (Phi) is 4.99. The first-order chi connectivity index (χ1) is 13.9. The molecule has 4 rings (SSSR count). The average Bonchev–Trinajstić information content (AvgIpc) is 3.09. The summed E-state index contributed by atoms with van der Waals surface area (Å²) in [5.74, 6) is 0.428. The summed E-state index contributed by atoms with van der Waals surface area (Å²) in [6, 6.07) is 18.8. The van der Waals surface area contributed by atoms with Crippen molar-refractivity contribution in [1.82, 2.24) is 9.97 Å². The number of nitrogens with zero attached hydrogens (tertiary/aromatic N) is 2. The van der Waals surface area contributed by atoms with Gasteiger partial charge in [0, 0.05) is 11.8 Å². The summed E-state index contributed by atoms with van der Waals surface area (Å²) in [6.07, 6.45) is 0.523. The molecule has 1 N–H and O–H groups in total. The van der Waals surface area contributed by atoms with E-state index in [4.69, 9.17) is 4.74 Å². The van der Waals surface area contributed by atoms with E-state index in [1.165, 1.54) is 17.6 Å². The van der Waals surface area contributed by atoms with Gasteiger partial charge in [-0.2, -0.15) is 0 Å². The molecule has 2 aromatic carbocycles. The molecule has 0 spiro atoms. The number of carbonyl (C=O) groups is 1. The molecule has 9 heteroatoms. The van der Waals surface area contributed by atoms with Crippen LogP contribution in [0.2, 0.25) is 0 Å². The van der Waals surface area contributed by atoms with E-state index < -0.39 is 15.9 Å². The van der Waals surface area contributed by atoms with Gasteiger partial charge in [0.05, 0.1) is 10.6 Å². The topological polar surface area (TPSA) is 98.2 Å². The van der Waals surface area contributed by atoms with Crippen molar-refractivity contribution in [2.45, 2.75) is 4.90 Å². The number of hydrogen-bond acceptors (Lipinski definition) is 7. The number of thiazole rings is 1. The minimum Gasteiger partial charge on any atom is -0.410 e. The summed E-state index contributed by atoms with van der Waals surface area (Å²) >= 11 is 1.20. The molecule has 0 bridgehead atoms. The standard InChI is InChI=1S/C20H15N3O4S2/c1-29(25,26)15-9-5-6-13(12-15)16-10-11-17-18(21-16)28-19(22-17)23-20(24)27-14-7-3-2-4-8-14/h2-12H,1H3,(H,22,23,24). The molecular weight excluding hydrogens is 410 g/mol. The Morgan fingerprint density at radius 3 is 2.55 bits per heavy atom. The Labute approximate surface area is 170 Å². The van der Waals surface area contributed by atoms with E-state index in [1.54, 1.807) is 60.7 Å². The number of ether oxygens (including phenoxy) is 1. The molecule has 0 saturated carbocycles. The van der Waals surface area contributed by atoms with Crippen LogP contribution in [0.3, 0.4) is 0 Å². The van der Waals surface area contributed by atoms with Crippen molar-refractivity contribution < 1.29 is 17.9 Å². The number of nitrogens with one attached hydrogen (secondary N) is 1. The molecule has 0 aliphatic carbocycles. The smallest absolute Gasteiger partial charge is 0.410 e. The number of hydrogen-bond donors (Lipinski definition) is 1. The molecule has 0 saturated heterocycles. The predicted molar refractivity (Wildman–Crippen MR) is 112 cm³/mol. The number of anilines is 1. The van der Waals surface area contributed by atoms with Gasteiger partial charge >= 0.3 is 6.09 Å². The lowest BCUT2D eigenvalue weighted by Crippen LogP contribution is -2.16. The van der Waals surface area contributed by atoms with Crippen molar-refractivity contribution in [3.05, 3.63) is 66.7 Å². The SMILES string of the molecule is CS(=O)(=O)c1cccc(-c2ccc3nc(NC(=O)Oc4ccccc4)sc3n2)c1. The second-order valence-corrected chi connectivity index (χ2v) is 9.16. The number of rotatable bonds is 4. The van der Waals surface area contributed by atoms with Gasteiger partial charge in [-0.05, 0) is 36.4 Å². The third kappa shape index (κ3) is 4.41. The molecule has 7 nitrogen and oxygen atoms in total. The number of sulfone groups is 1. The molecule has 0 radical (unpaired) electrons. The number of amides is 1. The lowest BCUT2D eigenvalue weighted by molar-refractivity contribution is 0.215. The van der Waals surface area contributed by atoms with E-state index in [-0.39, 0.29) is 4.90 Å². The maximum absolute atomic E-state index is 12.0. The van der Waals surface area contributed by atoms with Crippen LogP contribution in [0.25, 0.3) is 21.6 Å². The fourth-order valence-electron chi connectivity index (χ4n) is 2.63. The quantitative estimate of drug-likeness (QED) is 0.521. The van der Waals surface area contributed by atoms with Crippen molar-refractivity contribution in [3.63, 3.8) is 0 Å². The van der Waals surface area contributed by atoms with Gasteiger partial charge in [-0.3, -0.25) is 5.32 Å². The highest BCUT2D eigenvalue weighted by molar-refractivity contribution is 7.90. The highest BCUT2D eigenvalue weighted by Gasteiger charge is 2.13. The van der Waals surface area contributed by atoms with Gasteiger partial charge < -0.3 is 4.74 Å². The first-order valence-electron chi connectivity index (χ1n) is 8.50. The third-order valence-corrected chi connectivity index (χ3v) is 5.97. The van der Waals surface area contributed by atoms with Crippen LogP contribution in [0.5, 0.6) is 5.75 Å². The van der Waals surface area contributed by atoms with Gasteiger partial charge in [0.15, 0.2) is 15.0 Å². The highest BCUT2D eigenvalue weighted by atomic mass is 32.2. The molecule has 0 fully saturated rings. The lowest BCUT2D eigenvalue weighted by atomic mass is 10.1. The number of fused-ring (bicyclic) bond motifs is 1. The number of para-hydroxylation sites is 1. The minimum absolute atomic E-state index is 0.229. The second kappa shape index (κ2) is 7.61. The number of benzene rings is 2. The van der Waals surface area contributed by atoms with Crippen LogP contribution < -0.4 is 10.1 Å². The van der Waals surface area contributed by atoms with E-state index >= 15 is 0 Å². The molecule has 2 heterocycles. The van der Waals surface area contributed by atoms with Crippen molar-refractivity contribution >= 4 is 42.7 Å². The first-order valence-corrected chi connectivity index (χ1v) is 11.2. The summed E-state index contributed by atoms with van der Waals surface area (Å²) in [6.45, 7) is 0. The Bertz CT molecular complexity index is 1300. The van der Waals surface area contributed by atoms with Gasteiger partial charge in [0.2, 0.25) is 0 Å². The minimum atomic E-state index is -3.31. The van der Waals surface area contributed by atoms with Crippen LogP contribution in [0, 0.1) is 0 Å². The van der Waals surface area contributed by atoms with Gasteiger partial charge in [-0.15, -0.1) is 0 Å². The summed E-state index contributed by atoms with van der Waals surface area (Å²) in [5.41, 5.74) is 1.92. The monoisotopic (exact) mass is 425 g/mol. The van der Waals surface area contributed by atoms with Gasteiger partial charge in [-0.25, -0.2) is 23.2 Å². The van der Waals surface area contributed by atoms with Crippen LogP contribution in [-0.4, -0.2) is 30.7 Å². The largest absolute Gasteiger partial charge is 0.418 e. The number of aromatic nitrogens is 2. The summed E-state index contributed by atoms with van der Waals surface area (Å²) in [7, 11) is -3.31. The zero-order valence-corrected chi connectivity index (χ0v) is 16.8. The molecule has 2 aromatic heterocycles. The molecule has 146 valence electrons. The molecular formula is C20H15N3O4S2. The maximum Gasteiger partial charge on any atom is 0.418 e. The summed E-state index contributed by atoms with van der Waals surface area (Å²) in [4.78, 5) is 21.8. The molecule has 0 unspecified atom stereocenters. The Balaban J connectivity index is 1.57. The van der Waals surface area contributed by atoms with Crippen molar-refractivity contribution in [2.24, 2.45) is 0 Å². The third-order valence-electron chi connectivity index (χ3n) is 3.98. The van der Waals surface area contributed by atoms with Gasteiger partial charge in [0.1, 0.15) is 16.1 Å². The van der Waals surface area contributed by atoms with E-state index in [0.29, 0.717) is 32.5 Å². The molecule has 4 aromatic rings. The van der Waals surface area contributed by atoms with Crippen molar-refractivity contribution in [3.8, 4) is 17.0 Å². The van der Waals surface area contributed by atoms with Crippen molar-refractivity contribution in [2.75, 3.05) is 11.6 Å². The predicted octanol–water partition coefficient (Wildman–Crippen LogP) is 4.37. The van der Waals surface area contributed by atoms with Crippen LogP contribution in [-0.2, 0) is 9.84 Å². The maximum atomic E-state index is 12.0. The van der Waals surface area contributed by atoms with Gasteiger partial charge in [-0.1, -0.05) is 41.7 Å². The molecule has 0 atom stereocenters. The Morgan fingerprint density at radius 2 is 1.79 bits per heavy atom. The fourth-order valence-corrected chi connectivity index (χ4v) is 4.12. The highest BCUT2D eigenvalue weighted by Crippen LogP contribution is 2.28. The van der Waals surface area contributed by atoms with E-state index in [2.05, 4.69) is 15.3 Å². The number of carbonyl (C=O) groups excluding carboxylic acids is 1. The Hall–Kier alpha value is -3.30. The van der Waals surface area contributed by atoms with E-state index in [0.717, 1.165) is 0 Å². The summed E-state index contributed by atoms with van der Waals surface area (Å²) < 4.78 is 28.8. The second-order valence-electron chi connectivity index (χ2n) is 6.17. The van der Waals surface area contributed by atoms with E-state index in [1.807, 2.05) is 6.07 Å². The molecule has 1 amide bonds. The zero-order chi connectivity index (χ0) is 20.4. The van der Waals surface area contributed by atoms with Crippen LogP contribution in [0.4, 0.5) is 9.93 Å². The van der Waals surface area contributed by atoms with Crippen LogP contribution >= 0.6 is 11.3 Å². The van der Waals surface area contributed by atoms with Gasteiger partial charge in [0.25, 0.3) is 0 Å². The average molecular weight is 425 g/mol.